The number of hydrogen-bond donors (Lipinski definition) is 0. The molecule has 0 N–H and O–H groups in total. The van der Waals surface area contributed by atoms with Crippen molar-refractivity contribution in [1.82, 2.24) is 15.0 Å². The summed E-state index contributed by atoms with van der Waals surface area (Å²) in [6, 6.07) is 10.9. The van der Waals surface area contributed by atoms with Crippen LogP contribution in [-0.2, 0) is 0 Å². The van der Waals surface area contributed by atoms with Crippen LogP contribution in [0.2, 0.25) is 10.2 Å². The summed E-state index contributed by atoms with van der Waals surface area (Å²) in [5.74, 6) is 0.496. The number of aromatic nitrogens is 3. The Labute approximate surface area is 113 Å². The normalized spacial score (nSPS) is 10.8. The number of benzene rings is 1. The van der Waals surface area contributed by atoms with Crippen LogP contribution < -0.4 is 0 Å². The fraction of sp³-hybridized carbons (Fsp3) is 0. The molecule has 1 aromatic carbocycles. The summed E-state index contributed by atoms with van der Waals surface area (Å²) >= 11 is 12.1. The Kier molecular flexibility index (Phi) is 2.86. The van der Waals surface area contributed by atoms with Crippen molar-refractivity contribution in [2.24, 2.45) is 0 Å². The second-order valence-corrected chi connectivity index (χ2v) is 4.51. The Morgan fingerprint density at radius 3 is 2.61 bits per heavy atom. The second kappa shape index (κ2) is 4.52. The first-order chi connectivity index (χ1) is 8.74. The maximum atomic E-state index is 6.14. The van der Waals surface area contributed by atoms with Gasteiger partial charge in [0.25, 0.3) is 0 Å². The van der Waals surface area contributed by atoms with E-state index in [0.29, 0.717) is 27.2 Å². The number of halogens is 2. The summed E-state index contributed by atoms with van der Waals surface area (Å²) in [6.07, 6.45) is 1.69. The van der Waals surface area contributed by atoms with E-state index in [0.717, 1.165) is 5.39 Å². The molecule has 0 aliphatic rings. The van der Waals surface area contributed by atoms with Gasteiger partial charge in [-0.3, -0.25) is 4.98 Å². The van der Waals surface area contributed by atoms with Crippen LogP contribution in [0.3, 0.4) is 0 Å². The highest BCUT2D eigenvalue weighted by Crippen LogP contribution is 2.25. The van der Waals surface area contributed by atoms with Crippen LogP contribution in [0.5, 0.6) is 0 Å². The number of rotatable bonds is 1. The highest BCUT2D eigenvalue weighted by molar-refractivity contribution is 6.35. The molecular formula is C13H7Cl2N3. The lowest BCUT2D eigenvalue weighted by atomic mass is 10.2. The van der Waals surface area contributed by atoms with E-state index in [2.05, 4.69) is 15.0 Å². The van der Waals surface area contributed by atoms with E-state index in [1.54, 1.807) is 18.3 Å². The summed E-state index contributed by atoms with van der Waals surface area (Å²) < 4.78 is 0. The number of fused-ring (bicyclic) bond motifs is 1. The third-order valence-electron chi connectivity index (χ3n) is 2.51. The first kappa shape index (κ1) is 11.4. The maximum absolute atomic E-state index is 6.14. The molecular weight excluding hydrogens is 269 g/mol. The Bertz CT molecular complexity index is 714. The lowest BCUT2D eigenvalue weighted by molar-refractivity contribution is 1.18. The molecule has 0 fully saturated rings. The first-order valence-electron chi connectivity index (χ1n) is 5.28. The van der Waals surface area contributed by atoms with E-state index in [4.69, 9.17) is 23.2 Å². The van der Waals surface area contributed by atoms with E-state index < -0.39 is 0 Å². The quantitative estimate of drug-likeness (QED) is 0.630. The molecule has 0 unspecified atom stereocenters. The molecule has 0 spiro atoms. The maximum Gasteiger partial charge on any atom is 0.180 e. The fourth-order valence-corrected chi connectivity index (χ4v) is 2.08. The van der Waals surface area contributed by atoms with Gasteiger partial charge in [-0.1, -0.05) is 29.3 Å². The van der Waals surface area contributed by atoms with Crippen molar-refractivity contribution < 1.29 is 0 Å². The molecule has 2 aromatic heterocycles. The lowest BCUT2D eigenvalue weighted by Gasteiger charge is -2.04. The molecule has 0 bridgehead atoms. The van der Waals surface area contributed by atoms with Crippen molar-refractivity contribution in [3.8, 4) is 11.5 Å². The van der Waals surface area contributed by atoms with Crippen LogP contribution in [0.1, 0.15) is 0 Å². The minimum Gasteiger partial charge on any atom is -0.253 e. The smallest absolute Gasteiger partial charge is 0.180 e. The van der Waals surface area contributed by atoms with Gasteiger partial charge in [-0.05, 0) is 30.3 Å². The summed E-state index contributed by atoms with van der Waals surface area (Å²) in [5.41, 5.74) is 1.39. The van der Waals surface area contributed by atoms with Gasteiger partial charge in [0.2, 0.25) is 0 Å². The Hall–Kier alpha value is -1.71. The van der Waals surface area contributed by atoms with Gasteiger partial charge in [-0.15, -0.1) is 0 Å². The SMILES string of the molecule is Clc1ccc2c(Cl)nc(-c3ccccn3)nc2c1. The van der Waals surface area contributed by atoms with Gasteiger partial charge in [0.1, 0.15) is 10.8 Å². The van der Waals surface area contributed by atoms with Crippen molar-refractivity contribution in [3.63, 3.8) is 0 Å². The van der Waals surface area contributed by atoms with Gasteiger partial charge < -0.3 is 0 Å². The highest BCUT2D eigenvalue weighted by atomic mass is 35.5. The molecule has 0 amide bonds. The summed E-state index contributed by atoms with van der Waals surface area (Å²) in [4.78, 5) is 12.9. The van der Waals surface area contributed by atoms with Crippen molar-refractivity contribution in [1.29, 1.82) is 0 Å². The largest absolute Gasteiger partial charge is 0.253 e. The van der Waals surface area contributed by atoms with Crippen LogP contribution in [0.25, 0.3) is 22.4 Å². The molecule has 0 aliphatic heterocycles. The van der Waals surface area contributed by atoms with Gasteiger partial charge in [-0.2, -0.15) is 0 Å². The van der Waals surface area contributed by atoms with E-state index in [1.807, 2.05) is 24.3 Å². The summed E-state index contributed by atoms with van der Waals surface area (Å²) in [5, 5.41) is 1.79. The Morgan fingerprint density at radius 2 is 1.83 bits per heavy atom. The van der Waals surface area contributed by atoms with Crippen molar-refractivity contribution >= 4 is 34.1 Å². The molecule has 0 atom stereocenters. The van der Waals surface area contributed by atoms with Gasteiger partial charge in [0.05, 0.1) is 5.52 Å². The van der Waals surface area contributed by atoms with Gasteiger partial charge in [0, 0.05) is 16.6 Å². The average molecular weight is 276 g/mol. The molecule has 0 saturated carbocycles. The van der Waals surface area contributed by atoms with Crippen molar-refractivity contribution in [3.05, 3.63) is 52.8 Å². The molecule has 2 heterocycles. The summed E-state index contributed by atoms with van der Waals surface area (Å²) in [6.45, 7) is 0. The minimum absolute atomic E-state index is 0.400. The fourth-order valence-electron chi connectivity index (χ4n) is 1.67. The van der Waals surface area contributed by atoms with Gasteiger partial charge >= 0.3 is 0 Å². The van der Waals surface area contributed by atoms with Crippen molar-refractivity contribution in [2.45, 2.75) is 0 Å². The monoisotopic (exact) mass is 275 g/mol. The molecule has 0 saturated heterocycles. The topological polar surface area (TPSA) is 38.7 Å². The first-order valence-corrected chi connectivity index (χ1v) is 6.04. The van der Waals surface area contributed by atoms with Crippen LogP contribution in [0.15, 0.2) is 42.6 Å². The van der Waals surface area contributed by atoms with Crippen LogP contribution >= 0.6 is 23.2 Å². The second-order valence-electron chi connectivity index (χ2n) is 3.71. The minimum atomic E-state index is 0.400. The zero-order chi connectivity index (χ0) is 12.5. The van der Waals surface area contributed by atoms with E-state index >= 15 is 0 Å². The number of pyridine rings is 1. The van der Waals surface area contributed by atoms with E-state index in [1.165, 1.54) is 0 Å². The third kappa shape index (κ3) is 2.03. The van der Waals surface area contributed by atoms with Crippen LogP contribution in [0.4, 0.5) is 0 Å². The Balaban J connectivity index is 2.27. The molecule has 0 aliphatic carbocycles. The Morgan fingerprint density at radius 1 is 0.944 bits per heavy atom. The number of hydrogen-bond acceptors (Lipinski definition) is 3. The molecule has 3 rings (SSSR count). The standard InChI is InChI=1S/C13H7Cl2N3/c14-8-4-5-9-11(7-8)17-13(18-12(9)15)10-3-1-2-6-16-10/h1-7H. The summed E-state index contributed by atoms with van der Waals surface area (Å²) in [7, 11) is 0. The zero-order valence-electron chi connectivity index (χ0n) is 9.14. The molecule has 0 radical (unpaired) electrons. The van der Waals surface area contributed by atoms with Crippen LogP contribution in [-0.4, -0.2) is 15.0 Å². The van der Waals surface area contributed by atoms with E-state index in [-0.39, 0.29) is 0 Å². The highest BCUT2D eigenvalue weighted by Gasteiger charge is 2.08. The lowest BCUT2D eigenvalue weighted by Crippen LogP contribution is -1.93. The zero-order valence-corrected chi connectivity index (χ0v) is 10.7. The third-order valence-corrected chi connectivity index (χ3v) is 3.03. The predicted octanol–water partition coefficient (Wildman–Crippen LogP) is 4.00. The molecule has 18 heavy (non-hydrogen) atoms. The van der Waals surface area contributed by atoms with Crippen LogP contribution in [0, 0.1) is 0 Å². The molecule has 3 aromatic rings. The van der Waals surface area contributed by atoms with Gasteiger partial charge in [0.15, 0.2) is 5.82 Å². The van der Waals surface area contributed by atoms with Crippen molar-refractivity contribution in [2.75, 3.05) is 0 Å². The van der Waals surface area contributed by atoms with E-state index in [9.17, 15) is 0 Å². The van der Waals surface area contributed by atoms with Gasteiger partial charge in [-0.25, -0.2) is 9.97 Å². The molecule has 3 nitrogen and oxygen atoms in total. The molecule has 88 valence electrons. The predicted molar refractivity (Wildman–Crippen MR) is 72.8 cm³/mol. The molecule has 5 heteroatoms. The number of nitrogens with zero attached hydrogens (tertiary/aromatic N) is 3. The average Bonchev–Trinajstić information content (AvgIpc) is 2.39.